The molecule has 0 bridgehead atoms. The molecule has 6 nitrogen and oxygen atoms in total. The lowest BCUT2D eigenvalue weighted by atomic mass is 9.89. The first kappa shape index (κ1) is 16.8. The molecule has 2 aliphatic heterocycles. The van der Waals surface area contributed by atoms with E-state index in [0.717, 1.165) is 31.1 Å². The van der Waals surface area contributed by atoms with Gasteiger partial charge in [-0.1, -0.05) is 12.1 Å². The predicted molar refractivity (Wildman–Crippen MR) is 98.8 cm³/mol. The number of pyridine rings is 1. The molecular formula is C20H23N3O3. The molecule has 2 saturated heterocycles. The predicted octanol–water partition coefficient (Wildman–Crippen LogP) is 2.53. The zero-order valence-corrected chi connectivity index (χ0v) is 15.0. The molecule has 2 aliphatic rings. The minimum Gasteiger partial charge on any atom is -0.497 e. The molecule has 0 radical (unpaired) electrons. The first-order chi connectivity index (χ1) is 12.6. The fourth-order valence-electron chi connectivity index (χ4n) is 4.50. The van der Waals surface area contributed by atoms with E-state index in [-0.39, 0.29) is 5.69 Å². The summed E-state index contributed by atoms with van der Waals surface area (Å²) >= 11 is 0. The molecular weight excluding hydrogens is 330 g/mol. The lowest BCUT2D eigenvalue weighted by molar-refractivity contribution is 0.0690. The topological polar surface area (TPSA) is 65.9 Å². The van der Waals surface area contributed by atoms with Crippen molar-refractivity contribution >= 4 is 11.7 Å². The van der Waals surface area contributed by atoms with Gasteiger partial charge in [-0.25, -0.2) is 9.78 Å². The number of hydrogen-bond acceptors (Lipinski definition) is 5. The second-order valence-corrected chi connectivity index (χ2v) is 7.19. The Bertz CT molecular complexity index is 808. The number of benzene rings is 1. The van der Waals surface area contributed by atoms with Crippen molar-refractivity contribution in [2.75, 3.05) is 38.7 Å². The van der Waals surface area contributed by atoms with Crippen LogP contribution in [0.2, 0.25) is 0 Å². The zero-order valence-electron chi connectivity index (χ0n) is 15.0. The number of hydrogen-bond donors (Lipinski definition) is 1. The SMILES string of the molecule is COc1ccc([C@H]2[C@@H]3CN(c4ccnc(C(=O)O)c4)C[C@@H]3CN2C)cc1. The largest absolute Gasteiger partial charge is 0.497 e. The maximum atomic E-state index is 11.2. The van der Waals surface area contributed by atoms with Crippen molar-refractivity contribution in [3.05, 3.63) is 53.9 Å². The van der Waals surface area contributed by atoms with E-state index in [0.29, 0.717) is 17.9 Å². The third kappa shape index (κ3) is 2.90. The van der Waals surface area contributed by atoms with Crippen molar-refractivity contribution in [1.29, 1.82) is 0 Å². The molecule has 4 rings (SSSR count). The highest BCUT2D eigenvalue weighted by atomic mass is 16.5. The number of carbonyl (C=O) groups is 1. The van der Waals surface area contributed by atoms with Crippen LogP contribution in [-0.2, 0) is 0 Å². The Morgan fingerprint density at radius 1 is 1.19 bits per heavy atom. The lowest BCUT2D eigenvalue weighted by Gasteiger charge is -2.27. The number of aromatic carboxylic acids is 1. The molecule has 136 valence electrons. The van der Waals surface area contributed by atoms with Crippen molar-refractivity contribution in [3.63, 3.8) is 0 Å². The molecule has 1 aromatic heterocycles. The van der Waals surface area contributed by atoms with Crippen molar-refractivity contribution in [1.82, 2.24) is 9.88 Å². The number of aromatic nitrogens is 1. The summed E-state index contributed by atoms with van der Waals surface area (Å²) in [5.41, 5.74) is 2.36. The number of anilines is 1. The van der Waals surface area contributed by atoms with E-state index in [1.165, 1.54) is 5.56 Å². The van der Waals surface area contributed by atoms with Gasteiger partial charge in [0, 0.05) is 43.5 Å². The summed E-state index contributed by atoms with van der Waals surface area (Å²) in [4.78, 5) is 19.9. The first-order valence-corrected chi connectivity index (χ1v) is 8.85. The lowest BCUT2D eigenvalue weighted by Crippen LogP contribution is -2.29. The smallest absolute Gasteiger partial charge is 0.354 e. The highest BCUT2D eigenvalue weighted by Crippen LogP contribution is 2.45. The van der Waals surface area contributed by atoms with E-state index in [1.54, 1.807) is 19.4 Å². The van der Waals surface area contributed by atoms with Crippen LogP contribution in [-0.4, -0.2) is 54.8 Å². The summed E-state index contributed by atoms with van der Waals surface area (Å²) in [5.74, 6) is 0.988. The minimum atomic E-state index is -0.984. The molecule has 1 aromatic carbocycles. The first-order valence-electron chi connectivity index (χ1n) is 8.85. The Balaban J connectivity index is 1.56. The second kappa shape index (κ2) is 6.61. The van der Waals surface area contributed by atoms with Gasteiger partial charge in [-0.2, -0.15) is 0 Å². The molecule has 0 unspecified atom stereocenters. The summed E-state index contributed by atoms with van der Waals surface area (Å²) in [6.45, 7) is 2.92. The second-order valence-electron chi connectivity index (χ2n) is 7.19. The average Bonchev–Trinajstić information content (AvgIpc) is 3.18. The average molecular weight is 353 g/mol. The monoisotopic (exact) mass is 353 g/mol. The van der Waals surface area contributed by atoms with Crippen LogP contribution in [0.1, 0.15) is 22.1 Å². The maximum Gasteiger partial charge on any atom is 0.354 e. The number of nitrogens with zero attached hydrogens (tertiary/aromatic N) is 3. The van der Waals surface area contributed by atoms with Gasteiger partial charge in [0.15, 0.2) is 0 Å². The van der Waals surface area contributed by atoms with Crippen molar-refractivity contribution < 1.29 is 14.6 Å². The van der Waals surface area contributed by atoms with Crippen molar-refractivity contribution in [2.45, 2.75) is 6.04 Å². The van der Waals surface area contributed by atoms with E-state index in [2.05, 4.69) is 34.0 Å². The Kier molecular flexibility index (Phi) is 4.28. The molecule has 0 spiro atoms. The van der Waals surface area contributed by atoms with Gasteiger partial charge in [-0.05, 0) is 42.8 Å². The van der Waals surface area contributed by atoms with Gasteiger partial charge in [0.2, 0.25) is 0 Å². The van der Waals surface area contributed by atoms with Gasteiger partial charge in [0.1, 0.15) is 11.4 Å². The Morgan fingerprint density at radius 2 is 1.96 bits per heavy atom. The summed E-state index contributed by atoms with van der Waals surface area (Å²) in [6, 6.07) is 12.3. The van der Waals surface area contributed by atoms with Gasteiger partial charge >= 0.3 is 5.97 Å². The molecule has 3 atom stereocenters. The van der Waals surface area contributed by atoms with E-state index in [1.807, 2.05) is 18.2 Å². The van der Waals surface area contributed by atoms with Crippen LogP contribution in [0.25, 0.3) is 0 Å². The van der Waals surface area contributed by atoms with Gasteiger partial charge in [-0.3, -0.25) is 4.90 Å². The number of methoxy groups -OCH3 is 1. The molecule has 26 heavy (non-hydrogen) atoms. The van der Waals surface area contributed by atoms with E-state index in [9.17, 15) is 9.90 Å². The summed E-state index contributed by atoms with van der Waals surface area (Å²) < 4.78 is 5.27. The van der Waals surface area contributed by atoms with Crippen molar-refractivity contribution in [3.8, 4) is 5.75 Å². The highest BCUT2D eigenvalue weighted by molar-refractivity contribution is 5.86. The van der Waals surface area contributed by atoms with Gasteiger partial charge in [0.25, 0.3) is 0 Å². The highest BCUT2D eigenvalue weighted by Gasteiger charge is 2.46. The van der Waals surface area contributed by atoms with Crippen LogP contribution in [0.4, 0.5) is 5.69 Å². The molecule has 2 fully saturated rings. The Labute approximate surface area is 153 Å². The quantitative estimate of drug-likeness (QED) is 0.911. The molecule has 0 amide bonds. The number of carboxylic acid groups (broad SMARTS) is 1. The van der Waals surface area contributed by atoms with Crippen LogP contribution in [0, 0.1) is 11.8 Å². The van der Waals surface area contributed by atoms with Crippen LogP contribution >= 0.6 is 0 Å². The number of fused-ring (bicyclic) bond motifs is 1. The minimum absolute atomic E-state index is 0.100. The molecule has 2 aromatic rings. The molecule has 0 aliphatic carbocycles. The summed E-state index contributed by atoms with van der Waals surface area (Å²) in [6.07, 6.45) is 1.58. The van der Waals surface area contributed by atoms with Crippen LogP contribution < -0.4 is 9.64 Å². The fourth-order valence-corrected chi connectivity index (χ4v) is 4.50. The number of rotatable bonds is 4. The zero-order chi connectivity index (χ0) is 18.3. The maximum absolute atomic E-state index is 11.2. The third-order valence-corrected chi connectivity index (χ3v) is 5.68. The van der Waals surface area contributed by atoms with Crippen LogP contribution in [0.3, 0.4) is 0 Å². The summed E-state index contributed by atoms with van der Waals surface area (Å²) in [7, 11) is 3.87. The molecule has 0 saturated carbocycles. The van der Waals surface area contributed by atoms with Gasteiger partial charge in [-0.15, -0.1) is 0 Å². The summed E-state index contributed by atoms with van der Waals surface area (Å²) in [5, 5.41) is 9.18. The Hall–Kier alpha value is -2.60. The van der Waals surface area contributed by atoms with Crippen molar-refractivity contribution in [2.24, 2.45) is 11.8 Å². The standard InChI is InChI=1S/C20H23N3O3/c1-22-10-14-11-23(15-7-8-21-18(9-15)20(24)25)12-17(14)19(22)13-3-5-16(26-2)6-4-13/h3-9,14,17,19H,10-12H2,1-2H3,(H,24,25)/t14-,17+,19-/m0/s1. The van der Waals surface area contributed by atoms with Crippen LogP contribution in [0.15, 0.2) is 42.6 Å². The van der Waals surface area contributed by atoms with Gasteiger partial charge in [0.05, 0.1) is 7.11 Å². The van der Waals surface area contributed by atoms with E-state index < -0.39 is 5.97 Å². The normalized spacial score (nSPS) is 25.3. The molecule has 3 heterocycles. The number of carboxylic acids is 1. The fraction of sp³-hybridized carbons (Fsp3) is 0.400. The number of ether oxygens (including phenoxy) is 1. The third-order valence-electron chi connectivity index (χ3n) is 5.68. The molecule has 6 heteroatoms. The van der Waals surface area contributed by atoms with Crippen LogP contribution in [0.5, 0.6) is 5.75 Å². The van der Waals surface area contributed by atoms with Gasteiger partial charge < -0.3 is 14.7 Å². The number of likely N-dealkylation sites (tertiary alicyclic amines) is 1. The Morgan fingerprint density at radius 3 is 2.65 bits per heavy atom. The molecule has 1 N–H and O–H groups in total. The van der Waals surface area contributed by atoms with E-state index in [4.69, 9.17) is 4.74 Å². The van der Waals surface area contributed by atoms with E-state index >= 15 is 0 Å².